The third kappa shape index (κ3) is 3.69. The Kier molecular flexibility index (Phi) is 4.03. The minimum atomic E-state index is -4.68. The number of hydrogen-bond donors (Lipinski definition) is 0. The van der Waals surface area contributed by atoms with Crippen molar-refractivity contribution in [3.63, 3.8) is 0 Å². The Morgan fingerprint density at radius 1 is 1.47 bits per heavy atom. The van der Waals surface area contributed by atoms with E-state index in [0.717, 1.165) is 0 Å². The molecule has 0 aliphatic heterocycles. The van der Waals surface area contributed by atoms with E-state index in [1.165, 1.54) is 6.92 Å². The van der Waals surface area contributed by atoms with Gasteiger partial charge in [-0.05, 0) is 18.6 Å². The second kappa shape index (κ2) is 5.11. The monoisotopic (exact) mass is 251 g/mol. The lowest BCUT2D eigenvalue weighted by Crippen LogP contribution is -2.15. The van der Waals surface area contributed by atoms with Crippen LogP contribution in [0, 0.1) is 5.95 Å². The van der Waals surface area contributed by atoms with Gasteiger partial charge in [0.1, 0.15) is 0 Å². The molecule has 17 heavy (non-hydrogen) atoms. The maximum atomic E-state index is 12.7. The normalized spacial score (nSPS) is 11.4. The molecule has 0 saturated heterocycles. The lowest BCUT2D eigenvalue weighted by Gasteiger charge is -2.11. The van der Waals surface area contributed by atoms with Crippen molar-refractivity contribution >= 4 is 5.97 Å². The highest BCUT2D eigenvalue weighted by atomic mass is 19.4. The SMILES string of the molecule is CCOC(=O)Cc1cc(F)ncc1C(F)(F)F. The number of pyridine rings is 1. The number of rotatable bonds is 3. The molecule has 0 atom stereocenters. The summed E-state index contributed by atoms with van der Waals surface area (Å²) in [6.45, 7) is 1.57. The van der Waals surface area contributed by atoms with Crippen LogP contribution in [0.3, 0.4) is 0 Å². The first kappa shape index (κ1) is 13.4. The van der Waals surface area contributed by atoms with Crippen LogP contribution in [0.5, 0.6) is 0 Å². The van der Waals surface area contributed by atoms with Crippen molar-refractivity contribution in [2.45, 2.75) is 19.5 Å². The van der Waals surface area contributed by atoms with Gasteiger partial charge in [-0.15, -0.1) is 0 Å². The first-order valence-corrected chi connectivity index (χ1v) is 4.71. The zero-order valence-electron chi connectivity index (χ0n) is 8.84. The average Bonchev–Trinajstić information content (AvgIpc) is 2.15. The summed E-state index contributed by atoms with van der Waals surface area (Å²) in [5.41, 5.74) is -1.62. The first-order valence-electron chi connectivity index (χ1n) is 4.71. The summed E-state index contributed by atoms with van der Waals surface area (Å²) in [7, 11) is 0. The molecule has 0 aliphatic rings. The largest absolute Gasteiger partial charge is 0.466 e. The van der Waals surface area contributed by atoms with Crippen LogP contribution in [0.1, 0.15) is 18.1 Å². The number of esters is 1. The van der Waals surface area contributed by atoms with Crippen molar-refractivity contribution in [3.8, 4) is 0 Å². The summed E-state index contributed by atoms with van der Waals surface area (Å²) in [6, 6.07) is 0.583. The number of aromatic nitrogens is 1. The Morgan fingerprint density at radius 2 is 2.12 bits per heavy atom. The van der Waals surface area contributed by atoms with Crippen molar-refractivity contribution in [3.05, 3.63) is 29.3 Å². The van der Waals surface area contributed by atoms with Gasteiger partial charge in [-0.3, -0.25) is 4.79 Å². The van der Waals surface area contributed by atoms with E-state index in [4.69, 9.17) is 0 Å². The fourth-order valence-corrected chi connectivity index (χ4v) is 1.24. The van der Waals surface area contributed by atoms with Crippen LogP contribution in [-0.2, 0) is 22.1 Å². The highest BCUT2D eigenvalue weighted by molar-refractivity contribution is 5.73. The molecule has 0 spiro atoms. The number of halogens is 4. The van der Waals surface area contributed by atoms with Gasteiger partial charge in [-0.1, -0.05) is 0 Å². The van der Waals surface area contributed by atoms with Crippen LogP contribution >= 0.6 is 0 Å². The van der Waals surface area contributed by atoms with Gasteiger partial charge in [0.15, 0.2) is 0 Å². The molecule has 1 aromatic rings. The Hall–Kier alpha value is -1.66. The van der Waals surface area contributed by atoms with E-state index >= 15 is 0 Å². The van der Waals surface area contributed by atoms with Gasteiger partial charge in [-0.2, -0.15) is 17.6 Å². The van der Waals surface area contributed by atoms with Crippen LogP contribution in [-0.4, -0.2) is 17.6 Å². The smallest absolute Gasteiger partial charge is 0.418 e. The molecule has 0 amide bonds. The minimum Gasteiger partial charge on any atom is -0.466 e. The van der Waals surface area contributed by atoms with E-state index < -0.39 is 35.6 Å². The van der Waals surface area contributed by atoms with Gasteiger partial charge in [-0.25, -0.2) is 4.98 Å². The summed E-state index contributed by atoms with van der Waals surface area (Å²) < 4.78 is 54.8. The molecule has 94 valence electrons. The summed E-state index contributed by atoms with van der Waals surface area (Å²) in [4.78, 5) is 14.0. The number of nitrogens with zero attached hydrogens (tertiary/aromatic N) is 1. The fraction of sp³-hybridized carbons (Fsp3) is 0.400. The summed E-state index contributed by atoms with van der Waals surface area (Å²) in [5, 5.41) is 0. The molecule has 0 aliphatic carbocycles. The second-order valence-corrected chi connectivity index (χ2v) is 3.14. The van der Waals surface area contributed by atoms with Crippen molar-refractivity contribution in [2.24, 2.45) is 0 Å². The van der Waals surface area contributed by atoms with Crippen molar-refractivity contribution in [2.75, 3.05) is 6.61 Å². The predicted molar refractivity (Wildman–Crippen MR) is 49.5 cm³/mol. The molecule has 1 aromatic heterocycles. The van der Waals surface area contributed by atoms with Crippen LogP contribution in [0.4, 0.5) is 17.6 Å². The molecule has 0 unspecified atom stereocenters. The van der Waals surface area contributed by atoms with Crippen molar-refractivity contribution in [1.82, 2.24) is 4.98 Å². The molecule has 1 rings (SSSR count). The molecular weight excluding hydrogens is 242 g/mol. The van der Waals surface area contributed by atoms with E-state index in [9.17, 15) is 22.4 Å². The van der Waals surface area contributed by atoms with Crippen molar-refractivity contribution in [1.29, 1.82) is 0 Å². The number of ether oxygens (including phenoxy) is 1. The van der Waals surface area contributed by atoms with E-state index in [2.05, 4.69) is 9.72 Å². The zero-order chi connectivity index (χ0) is 13.1. The zero-order valence-corrected chi connectivity index (χ0v) is 8.84. The lowest BCUT2D eigenvalue weighted by molar-refractivity contribution is -0.143. The predicted octanol–water partition coefficient (Wildman–Crippen LogP) is 2.35. The van der Waals surface area contributed by atoms with Gasteiger partial charge >= 0.3 is 12.1 Å². The van der Waals surface area contributed by atoms with Crippen molar-refractivity contribution < 1.29 is 27.1 Å². The third-order valence-corrected chi connectivity index (χ3v) is 1.90. The van der Waals surface area contributed by atoms with Crippen LogP contribution < -0.4 is 0 Å². The Labute approximate surface area is 94.4 Å². The highest BCUT2D eigenvalue weighted by Gasteiger charge is 2.34. The van der Waals surface area contributed by atoms with Gasteiger partial charge in [0.25, 0.3) is 0 Å². The molecule has 0 fully saturated rings. The molecule has 0 bridgehead atoms. The van der Waals surface area contributed by atoms with E-state index in [-0.39, 0.29) is 6.61 Å². The maximum Gasteiger partial charge on any atom is 0.418 e. The van der Waals surface area contributed by atoms with Gasteiger partial charge in [0.05, 0.1) is 18.6 Å². The average molecular weight is 251 g/mol. The molecule has 0 N–H and O–H groups in total. The first-order chi connectivity index (χ1) is 7.84. The van der Waals surface area contributed by atoms with Gasteiger partial charge in [0, 0.05) is 6.20 Å². The summed E-state index contributed by atoms with van der Waals surface area (Å²) >= 11 is 0. The molecule has 7 heteroatoms. The van der Waals surface area contributed by atoms with Gasteiger partial charge in [0.2, 0.25) is 5.95 Å². The topological polar surface area (TPSA) is 39.2 Å². The van der Waals surface area contributed by atoms with Crippen LogP contribution in [0.2, 0.25) is 0 Å². The van der Waals surface area contributed by atoms with E-state index in [1.54, 1.807) is 0 Å². The Morgan fingerprint density at radius 3 is 2.65 bits per heavy atom. The molecular formula is C10H9F4NO2. The van der Waals surface area contributed by atoms with E-state index in [0.29, 0.717) is 12.3 Å². The molecule has 0 radical (unpaired) electrons. The minimum absolute atomic E-state index is 0.0494. The van der Waals surface area contributed by atoms with Crippen LogP contribution in [0.25, 0.3) is 0 Å². The fourth-order valence-electron chi connectivity index (χ4n) is 1.24. The molecule has 3 nitrogen and oxygen atoms in total. The summed E-state index contributed by atoms with van der Waals surface area (Å²) in [5.74, 6) is -1.92. The molecule has 0 saturated carbocycles. The number of hydrogen-bond acceptors (Lipinski definition) is 3. The van der Waals surface area contributed by atoms with Gasteiger partial charge < -0.3 is 4.74 Å². The Bertz CT molecular complexity index is 417. The standard InChI is InChI=1S/C10H9F4NO2/c1-2-17-9(16)4-6-3-8(11)15-5-7(6)10(12,13)14/h3,5H,2,4H2,1H3. The second-order valence-electron chi connectivity index (χ2n) is 3.14. The quantitative estimate of drug-likeness (QED) is 0.470. The number of alkyl halides is 3. The summed E-state index contributed by atoms with van der Waals surface area (Å²) in [6.07, 6.45) is -4.95. The number of carbonyl (C=O) groups excluding carboxylic acids is 1. The molecule has 1 heterocycles. The van der Waals surface area contributed by atoms with Crippen LogP contribution in [0.15, 0.2) is 12.3 Å². The van der Waals surface area contributed by atoms with E-state index in [1.807, 2.05) is 0 Å². The highest BCUT2D eigenvalue weighted by Crippen LogP contribution is 2.31. The molecule has 0 aromatic carbocycles. The third-order valence-electron chi connectivity index (χ3n) is 1.90. The number of carbonyl (C=O) groups is 1. The lowest BCUT2D eigenvalue weighted by atomic mass is 10.1. The maximum absolute atomic E-state index is 12.7. The Balaban J connectivity index is 3.04.